The van der Waals surface area contributed by atoms with Gasteiger partial charge in [0, 0.05) is 25.4 Å². The van der Waals surface area contributed by atoms with Crippen molar-refractivity contribution in [1.29, 1.82) is 0 Å². The van der Waals surface area contributed by atoms with Gasteiger partial charge in [0.15, 0.2) is 0 Å². The molecule has 0 saturated heterocycles. The third-order valence-electron chi connectivity index (χ3n) is 2.67. The molecule has 0 aliphatic rings. The van der Waals surface area contributed by atoms with Crippen LogP contribution < -0.4 is 10.9 Å². The lowest BCUT2D eigenvalue weighted by Gasteiger charge is -2.11. The lowest BCUT2D eigenvalue weighted by atomic mass is 10.2. The Morgan fingerprint density at radius 2 is 2.24 bits per heavy atom. The minimum Gasteiger partial charge on any atom is -0.468 e. The number of pyridine rings is 1. The average molecular weight is 232 g/mol. The minimum atomic E-state index is 0.0277. The summed E-state index contributed by atoms with van der Waals surface area (Å²) < 4.78 is 6.97. The molecule has 0 spiro atoms. The molecule has 2 rings (SSSR count). The number of furan rings is 1. The van der Waals surface area contributed by atoms with E-state index in [2.05, 4.69) is 5.32 Å². The summed E-state index contributed by atoms with van der Waals surface area (Å²) in [5, 5.41) is 3.31. The molecule has 2 aromatic heterocycles. The van der Waals surface area contributed by atoms with Crippen LogP contribution in [0, 0.1) is 0 Å². The van der Waals surface area contributed by atoms with E-state index >= 15 is 0 Å². The Labute approximate surface area is 99.9 Å². The molecule has 17 heavy (non-hydrogen) atoms. The molecule has 0 aliphatic carbocycles. The first kappa shape index (κ1) is 11.7. The Bertz CT molecular complexity index is 502. The van der Waals surface area contributed by atoms with E-state index in [1.807, 2.05) is 25.1 Å². The lowest BCUT2D eigenvalue weighted by molar-refractivity contribution is 0.422. The zero-order valence-corrected chi connectivity index (χ0v) is 9.80. The van der Waals surface area contributed by atoms with Gasteiger partial charge in [-0.1, -0.05) is 6.07 Å². The van der Waals surface area contributed by atoms with Gasteiger partial charge in [0.05, 0.1) is 12.3 Å². The largest absolute Gasteiger partial charge is 0.468 e. The first-order chi connectivity index (χ1) is 8.27. The Kier molecular flexibility index (Phi) is 3.77. The predicted octanol–water partition coefficient (Wildman–Crippen LogP) is 1.79. The van der Waals surface area contributed by atoms with E-state index in [9.17, 15) is 4.79 Å². The molecule has 2 heterocycles. The Hall–Kier alpha value is -1.81. The van der Waals surface area contributed by atoms with Crippen molar-refractivity contribution in [2.45, 2.75) is 19.5 Å². The first-order valence-corrected chi connectivity index (χ1v) is 5.69. The smallest absolute Gasteiger partial charge is 0.250 e. The highest BCUT2D eigenvalue weighted by molar-refractivity contribution is 5.02. The molecule has 4 nitrogen and oxygen atoms in total. The number of hydrogen-bond donors (Lipinski definition) is 1. The van der Waals surface area contributed by atoms with Crippen LogP contribution in [-0.4, -0.2) is 11.1 Å². The van der Waals surface area contributed by atoms with E-state index in [-0.39, 0.29) is 11.6 Å². The average Bonchev–Trinajstić information content (AvgIpc) is 2.85. The van der Waals surface area contributed by atoms with Gasteiger partial charge in [-0.2, -0.15) is 0 Å². The molecular formula is C13H16N2O2. The van der Waals surface area contributed by atoms with Gasteiger partial charge < -0.3 is 14.3 Å². The summed E-state index contributed by atoms with van der Waals surface area (Å²) in [7, 11) is 0. The molecule has 0 radical (unpaired) electrons. The minimum absolute atomic E-state index is 0.0277. The van der Waals surface area contributed by atoms with E-state index in [4.69, 9.17) is 4.42 Å². The fourth-order valence-electron chi connectivity index (χ4n) is 1.69. The summed E-state index contributed by atoms with van der Waals surface area (Å²) in [5.74, 6) is 0.908. The molecule has 90 valence electrons. The molecule has 2 aromatic rings. The van der Waals surface area contributed by atoms with Crippen molar-refractivity contribution in [1.82, 2.24) is 9.88 Å². The van der Waals surface area contributed by atoms with Crippen LogP contribution in [0.3, 0.4) is 0 Å². The van der Waals surface area contributed by atoms with Crippen LogP contribution in [0.15, 0.2) is 52.0 Å². The Morgan fingerprint density at radius 1 is 1.35 bits per heavy atom. The summed E-state index contributed by atoms with van der Waals surface area (Å²) in [4.78, 5) is 11.4. The number of nitrogens with one attached hydrogen (secondary N) is 1. The Morgan fingerprint density at radius 3 is 2.94 bits per heavy atom. The van der Waals surface area contributed by atoms with Crippen LogP contribution in [-0.2, 0) is 6.54 Å². The third-order valence-corrected chi connectivity index (χ3v) is 2.67. The monoisotopic (exact) mass is 232 g/mol. The van der Waals surface area contributed by atoms with Crippen LogP contribution in [0.25, 0.3) is 0 Å². The van der Waals surface area contributed by atoms with E-state index in [0.717, 1.165) is 12.3 Å². The molecule has 0 fully saturated rings. The van der Waals surface area contributed by atoms with Crippen molar-refractivity contribution in [2.24, 2.45) is 0 Å². The highest BCUT2D eigenvalue weighted by atomic mass is 16.3. The van der Waals surface area contributed by atoms with Crippen LogP contribution in [0.5, 0.6) is 0 Å². The van der Waals surface area contributed by atoms with Crippen LogP contribution in [0.4, 0.5) is 0 Å². The molecule has 1 atom stereocenters. The predicted molar refractivity (Wildman–Crippen MR) is 65.8 cm³/mol. The molecule has 0 bridgehead atoms. The van der Waals surface area contributed by atoms with Crippen LogP contribution in [0.1, 0.15) is 18.7 Å². The number of rotatable bonds is 5. The van der Waals surface area contributed by atoms with E-state index in [1.165, 1.54) is 0 Å². The number of hydrogen-bond acceptors (Lipinski definition) is 3. The van der Waals surface area contributed by atoms with Crippen molar-refractivity contribution in [3.05, 3.63) is 58.9 Å². The maximum Gasteiger partial charge on any atom is 0.250 e. The zero-order chi connectivity index (χ0) is 12.1. The normalized spacial score (nSPS) is 12.5. The topological polar surface area (TPSA) is 47.2 Å². The van der Waals surface area contributed by atoms with E-state index < -0.39 is 0 Å². The van der Waals surface area contributed by atoms with E-state index in [0.29, 0.717) is 6.54 Å². The number of nitrogens with zero attached hydrogens (tertiary/aromatic N) is 1. The lowest BCUT2D eigenvalue weighted by Crippen LogP contribution is -2.27. The maximum absolute atomic E-state index is 11.4. The molecule has 0 unspecified atom stereocenters. The van der Waals surface area contributed by atoms with Crippen LogP contribution in [0.2, 0.25) is 0 Å². The fraction of sp³-hybridized carbons (Fsp3) is 0.308. The molecule has 0 amide bonds. The molecular weight excluding hydrogens is 216 g/mol. The van der Waals surface area contributed by atoms with Gasteiger partial charge in [0.2, 0.25) is 0 Å². The summed E-state index contributed by atoms with van der Waals surface area (Å²) in [6, 6.07) is 9.14. The van der Waals surface area contributed by atoms with Gasteiger partial charge >= 0.3 is 0 Å². The summed E-state index contributed by atoms with van der Waals surface area (Å²) in [6.07, 6.45) is 3.46. The van der Waals surface area contributed by atoms with Gasteiger partial charge in [-0.3, -0.25) is 4.79 Å². The van der Waals surface area contributed by atoms with Gasteiger partial charge in [-0.05, 0) is 25.1 Å². The van der Waals surface area contributed by atoms with Gasteiger partial charge in [-0.25, -0.2) is 0 Å². The summed E-state index contributed by atoms with van der Waals surface area (Å²) in [6.45, 7) is 3.42. The van der Waals surface area contributed by atoms with Crippen molar-refractivity contribution >= 4 is 0 Å². The van der Waals surface area contributed by atoms with Crippen molar-refractivity contribution < 1.29 is 4.42 Å². The van der Waals surface area contributed by atoms with Gasteiger partial charge in [-0.15, -0.1) is 0 Å². The maximum atomic E-state index is 11.4. The van der Waals surface area contributed by atoms with E-state index in [1.54, 1.807) is 29.2 Å². The van der Waals surface area contributed by atoms with Crippen molar-refractivity contribution in [2.75, 3.05) is 6.54 Å². The standard InChI is InChI=1S/C13H16N2O2/c1-11(12-5-4-10-17-12)14-7-9-15-8-3-2-6-13(15)16/h2-6,8,10-11,14H,7,9H2,1H3/t11-/m1/s1. The highest BCUT2D eigenvalue weighted by Gasteiger charge is 2.06. The fourth-order valence-corrected chi connectivity index (χ4v) is 1.69. The molecule has 0 aromatic carbocycles. The second kappa shape index (κ2) is 5.50. The first-order valence-electron chi connectivity index (χ1n) is 5.69. The summed E-state index contributed by atoms with van der Waals surface area (Å²) in [5.41, 5.74) is 0.0277. The number of aromatic nitrogens is 1. The second-order valence-corrected chi connectivity index (χ2v) is 3.92. The summed E-state index contributed by atoms with van der Waals surface area (Å²) >= 11 is 0. The van der Waals surface area contributed by atoms with Gasteiger partial charge in [0.1, 0.15) is 5.76 Å². The second-order valence-electron chi connectivity index (χ2n) is 3.92. The molecule has 0 aliphatic heterocycles. The highest BCUT2D eigenvalue weighted by Crippen LogP contribution is 2.11. The SMILES string of the molecule is C[C@@H](NCCn1ccccc1=O)c1ccco1. The molecule has 4 heteroatoms. The molecule has 1 N–H and O–H groups in total. The quantitative estimate of drug-likeness (QED) is 0.855. The van der Waals surface area contributed by atoms with Crippen molar-refractivity contribution in [3.8, 4) is 0 Å². The molecule has 0 saturated carbocycles. The van der Waals surface area contributed by atoms with Crippen LogP contribution >= 0.6 is 0 Å². The van der Waals surface area contributed by atoms with Gasteiger partial charge in [0.25, 0.3) is 5.56 Å². The van der Waals surface area contributed by atoms with Crippen molar-refractivity contribution in [3.63, 3.8) is 0 Å². The third kappa shape index (κ3) is 3.07. The zero-order valence-electron chi connectivity index (χ0n) is 9.80. The Balaban J connectivity index is 1.84.